The first-order valence-corrected chi connectivity index (χ1v) is 5.29. The van der Waals surface area contributed by atoms with Crippen molar-refractivity contribution in [1.82, 2.24) is 19.7 Å². The predicted molar refractivity (Wildman–Crippen MR) is 57.7 cm³/mol. The number of nitrogens with zero attached hydrogens (tertiary/aromatic N) is 5. The molecule has 0 saturated heterocycles. The molecule has 1 aliphatic rings. The lowest BCUT2D eigenvalue weighted by molar-refractivity contribution is 0.377. The molecule has 16 heavy (non-hydrogen) atoms. The van der Waals surface area contributed by atoms with Crippen LogP contribution in [0.15, 0.2) is 17.0 Å². The molecule has 6 nitrogen and oxygen atoms in total. The third-order valence-corrected chi connectivity index (χ3v) is 2.65. The summed E-state index contributed by atoms with van der Waals surface area (Å²) < 4.78 is 7.03. The summed E-state index contributed by atoms with van der Waals surface area (Å²) in [4.78, 5) is 10.4. The minimum atomic E-state index is 0.479. The van der Waals surface area contributed by atoms with Crippen molar-refractivity contribution in [3.63, 3.8) is 0 Å². The average Bonchev–Trinajstić information content (AvgIpc) is 2.83. The Morgan fingerprint density at radius 2 is 2.25 bits per heavy atom. The van der Waals surface area contributed by atoms with Crippen LogP contribution in [0.2, 0.25) is 0 Å². The van der Waals surface area contributed by atoms with Crippen molar-refractivity contribution in [2.45, 2.75) is 18.8 Å². The van der Waals surface area contributed by atoms with E-state index in [4.69, 9.17) is 4.52 Å². The van der Waals surface area contributed by atoms with Crippen molar-refractivity contribution in [3.05, 3.63) is 18.4 Å². The van der Waals surface area contributed by atoms with E-state index in [0.29, 0.717) is 11.9 Å². The fourth-order valence-electron chi connectivity index (χ4n) is 1.59. The van der Waals surface area contributed by atoms with Crippen molar-refractivity contribution in [2.24, 2.45) is 0 Å². The van der Waals surface area contributed by atoms with Crippen LogP contribution in [0, 0.1) is 0 Å². The highest BCUT2D eigenvalue weighted by Gasteiger charge is 2.30. The Labute approximate surface area is 92.9 Å². The molecule has 2 aromatic heterocycles. The molecular formula is C10H13N5O. The smallest absolute Gasteiger partial charge is 0.277 e. The Hall–Kier alpha value is -1.85. The second-order valence-electron chi connectivity index (χ2n) is 4.22. The van der Waals surface area contributed by atoms with Crippen LogP contribution in [0.1, 0.15) is 24.7 Å². The lowest BCUT2D eigenvalue weighted by Crippen LogP contribution is -2.13. The Kier molecular flexibility index (Phi) is 1.95. The van der Waals surface area contributed by atoms with E-state index >= 15 is 0 Å². The van der Waals surface area contributed by atoms with Crippen LogP contribution in [0.3, 0.4) is 0 Å². The van der Waals surface area contributed by atoms with E-state index in [2.05, 4.69) is 15.1 Å². The summed E-state index contributed by atoms with van der Waals surface area (Å²) in [6.07, 6.45) is 5.78. The monoisotopic (exact) mass is 219 g/mol. The maximum Gasteiger partial charge on any atom is 0.277 e. The van der Waals surface area contributed by atoms with Crippen molar-refractivity contribution >= 4 is 5.82 Å². The van der Waals surface area contributed by atoms with Crippen LogP contribution < -0.4 is 4.90 Å². The van der Waals surface area contributed by atoms with Gasteiger partial charge in [-0.3, -0.25) is 4.57 Å². The van der Waals surface area contributed by atoms with E-state index in [-0.39, 0.29) is 0 Å². The molecule has 2 aromatic rings. The summed E-state index contributed by atoms with van der Waals surface area (Å²) in [7, 11) is 3.91. The zero-order chi connectivity index (χ0) is 11.1. The fraction of sp³-hybridized carbons (Fsp3) is 0.500. The van der Waals surface area contributed by atoms with Gasteiger partial charge in [0.25, 0.3) is 5.95 Å². The molecule has 84 valence electrons. The molecular weight excluding hydrogens is 206 g/mol. The summed E-state index contributed by atoms with van der Waals surface area (Å²) in [6.45, 7) is 0. The van der Waals surface area contributed by atoms with Gasteiger partial charge in [0.1, 0.15) is 12.1 Å². The van der Waals surface area contributed by atoms with Crippen molar-refractivity contribution in [2.75, 3.05) is 19.0 Å². The lowest BCUT2D eigenvalue weighted by Gasteiger charge is -2.11. The highest BCUT2D eigenvalue weighted by molar-refractivity contribution is 5.40. The fourth-order valence-corrected chi connectivity index (χ4v) is 1.59. The minimum absolute atomic E-state index is 0.479. The van der Waals surface area contributed by atoms with E-state index in [9.17, 15) is 0 Å². The second kappa shape index (κ2) is 3.33. The molecule has 1 fully saturated rings. The Bertz CT molecular complexity index is 497. The molecule has 2 heterocycles. The number of anilines is 1. The molecule has 0 atom stereocenters. The molecule has 3 rings (SSSR count). The third kappa shape index (κ3) is 1.46. The van der Waals surface area contributed by atoms with Gasteiger partial charge in [0.15, 0.2) is 0 Å². The van der Waals surface area contributed by atoms with Gasteiger partial charge in [0, 0.05) is 20.0 Å². The summed E-state index contributed by atoms with van der Waals surface area (Å²) in [5.74, 6) is 2.72. The first kappa shape index (κ1) is 9.38. The van der Waals surface area contributed by atoms with Gasteiger partial charge in [-0.25, -0.2) is 4.98 Å². The molecule has 1 aliphatic carbocycles. The maximum atomic E-state index is 5.22. The van der Waals surface area contributed by atoms with Crippen LogP contribution in [0.4, 0.5) is 5.82 Å². The molecule has 0 aliphatic heterocycles. The molecule has 0 N–H and O–H groups in total. The predicted octanol–water partition coefficient (Wildman–Crippen LogP) is 1.20. The first-order chi connectivity index (χ1) is 7.75. The molecule has 0 spiro atoms. The molecule has 0 bridgehead atoms. The summed E-state index contributed by atoms with van der Waals surface area (Å²) >= 11 is 0. The Balaban J connectivity index is 1.97. The Morgan fingerprint density at radius 3 is 2.94 bits per heavy atom. The standard InChI is InChI=1S/C10H13N5O/c1-14(2)8-5-11-6-15(8)10-12-9(16-13-10)7-3-4-7/h5-7H,3-4H2,1-2H3. The molecule has 0 unspecified atom stereocenters. The normalized spacial score (nSPS) is 15.4. The van der Waals surface area contributed by atoms with Crippen LogP contribution in [0.25, 0.3) is 5.95 Å². The molecule has 0 amide bonds. The van der Waals surface area contributed by atoms with E-state index in [1.54, 1.807) is 12.5 Å². The maximum absolute atomic E-state index is 5.22. The minimum Gasteiger partial charge on any atom is -0.362 e. The van der Waals surface area contributed by atoms with Gasteiger partial charge in [0.2, 0.25) is 5.89 Å². The summed E-state index contributed by atoms with van der Waals surface area (Å²) in [5.41, 5.74) is 0. The van der Waals surface area contributed by atoms with Gasteiger partial charge in [0.05, 0.1) is 6.20 Å². The van der Waals surface area contributed by atoms with Gasteiger partial charge in [-0.15, -0.1) is 0 Å². The zero-order valence-electron chi connectivity index (χ0n) is 9.29. The topological polar surface area (TPSA) is 60.0 Å². The number of hydrogen-bond acceptors (Lipinski definition) is 5. The lowest BCUT2D eigenvalue weighted by atomic mass is 10.4. The molecule has 6 heteroatoms. The van der Waals surface area contributed by atoms with Crippen LogP contribution >= 0.6 is 0 Å². The van der Waals surface area contributed by atoms with Crippen molar-refractivity contribution in [1.29, 1.82) is 0 Å². The quantitative estimate of drug-likeness (QED) is 0.776. The van der Waals surface area contributed by atoms with Gasteiger partial charge in [-0.1, -0.05) is 0 Å². The van der Waals surface area contributed by atoms with Crippen LogP contribution in [-0.4, -0.2) is 33.8 Å². The molecule has 0 aromatic carbocycles. The summed E-state index contributed by atoms with van der Waals surface area (Å²) in [6, 6.07) is 0. The average molecular weight is 219 g/mol. The van der Waals surface area contributed by atoms with Gasteiger partial charge in [-0.05, 0) is 18.0 Å². The summed E-state index contributed by atoms with van der Waals surface area (Å²) in [5, 5.41) is 3.97. The molecule has 0 radical (unpaired) electrons. The number of aromatic nitrogens is 4. The van der Waals surface area contributed by atoms with E-state index in [1.807, 2.05) is 23.6 Å². The van der Waals surface area contributed by atoms with Crippen LogP contribution in [0.5, 0.6) is 0 Å². The third-order valence-electron chi connectivity index (χ3n) is 2.65. The van der Waals surface area contributed by atoms with Gasteiger partial charge < -0.3 is 9.42 Å². The molecule has 1 saturated carbocycles. The van der Waals surface area contributed by atoms with Gasteiger partial charge >= 0.3 is 0 Å². The largest absolute Gasteiger partial charge is 0.362 e. The van der Waals surface area contributed by atoms with Crippen molar-refractivity contribution < 1.29 is 4.52 Å². The number of rotatable bonds is 3. The highest BCUT2D eigenvalue weighted by Crippen LogP contribution is 2.39. The van der Waals surface area contributed by atoms with Crippen molar-refractivity contribution in [3.8, 4) is 5.95 Å². The van der Waals surface area contributed by atoms with Gasteiger partial charge in [-0.2, -0.15) is 4.98 Å². The highest BCUT2D eigenvalue weighted by atomic mass is 16.5. The first-order valence-electron chi connectivity index (χ1n) is 5.29. The SMILES string of the molecule is CN(C)c1cncn1-c1noc(C2CC2)n1. The van der Waals surface area contributed by atoms with E-state index in [0.717, 1.165) is 24.6 Å². The number of imidazole rings is 1. The zero-order valence-corrected chi connectivity index (χ0v) is 9.29. The number of hydrogen-bond donors (Lipinski definition) is 0. The second-order valence-corrected chi connectivity index (χ2v) is 4.22. The Morgan fingerprint density at radius 1 is 1.44 bits per heavy atom. The van der Waals surface area contributed by atoms with E-state index in [1.165, 1.54) is 0 Å². The van der Waals surface area contributed by atoms with Crippen LogP contribution in [-0.2, 0) is 0 Å². The van der Waals surface area contributed by atoms with E-state index < -0.39 is 0 Å².